The van der Waals surface area contributed by atoms with Crippen LogP contribution >= 0.6 is 0 Å². The Morgan fingerprint density at radius 1 is 0.400 bits per heavy atom. The van der Waals surface area contributed by atoms with E-state index in [9.17, 15) is 0 Å². The summed E-state index contributed by atoms with van der Waals surface area (Å²) >= 11 is 0. The Morgan fingerprint density at radius 2 is 0.956 bits per heavy atom. The van der Waals surface area contributed by atoms with Gasteiger partial charge >= 0.3 is 0 Å². The Labute approximate surface area is 261 Å². The molecule has 0 saturated heterocycles. The lowest BCUT2D eigenvalue weighted by atomic mass is 9.82. The van der Waals surface area contributed by atoms with Gasteiger partial charge in [-0.3, -0.25) is 0 Å². The van der Waals surface area contributed by atoms with Gasteiger partial charge in [0, 0.05) is 43.7 Å². The number of nitrogens with zero attached hydrogens (tertiary/aromatic N) is 2. The fourth-order valence-corrected chi connectivity index (χ4v) is 8.34. The average molecular weight is 575 g/mol. The van der Waals surface area contributed by atoms with Crippen LogP contribution in [-0.2, 0) is 5.41 Å². The molecule has 0 saturated carbocycles. The van der Waals surface area contributed by atoms with Crippen LogP contribution in [0.25, 0.3) is 76.9 Å². The van der Waals surface area contributed by atoms with Crippen molar-refractivity contribution in [3.8, 4) is 22.5 Å². The minimum absolute atomic E-state index is 0.0773. The Kier molecular flexibility index (Phi) is 4.82. The molecule has 0 unspecified atom stereocenters. The van der Waals surface area contributed by atoms with Crippen LogP contribution in [0.2, 0.25) is 0 Å². The molecule has 2 aromatic heterocycles. The molecule has 0 N–H and O–H groups in total. The fourth-order valence-electron chi connectivity index (χ4n) is 8.34. The van der Waals surface area contributed by atoms with Crippen molar-refractivity contribution in [2.75, 3.05) is 0 Å². The van der Waals surface area contributed by atoms with Crippen molar-refractivity contribution in [2.24, 2.45) is 0 Å². The summed E-state index contributed by atoms with van der Waals surface area (Å²) in [5.41, 5.74) is 12.8. The monoisotopic (exact) mass is 574 g/mol. The van der Waals surface area contributed by atoms with Crippen molar-refractivity contribution in [3.05, 3.63) is 157 Å². The summed E-state index contributed by atoms with van der Waals surface area (Å²) in [5, 5.41) is 7.71. The van der Waals surface area contributed by atoms with Crippen LogP contribution in [-0.4, -0.2) is 9.13 Å². The van der Waals surface area contributed by atoms with Gasteiger partial charge < -0.3 is 9.13 Å². The molecule has 1 aliphatic carbocycles. The fraction of sp³-hybridized carbons (Fsp3) is 0.0698. The Morgan fingerprint density at radius 3 is 1.71 bits per heavy atom. The van der Waals surface area contributed by atoms with Gasteiger partial charge in [0.2, 0.25) is 0 Å². The molecule has 2 heteroatoms. The first kappa shape index (κ1) is 24.8. The van der Waals surface area contributed by atoms with Gasteiger partial charge in [0.1, 0.15) is 0 Å². The number of hydrogen-bond acceptors (Lipinski definition) is 0. The first-order valence-electron chi connectivity index (χ1n) is 15.8. The Bertz CT molecular complexity index is 2670. The number of hydrogen-bond donors (Lipinski definition) is 0. The molecule has 7 aromatic carbocycles. The van der Waals surface area contributed by atoms with E-state index in [2.05, 4.69) is 169 Å². The summed E-state index contributed by atoms with van der Waals surface area (Å²) < 4.78 is 5.01. The molecular weight excluding hydrogens is 544 g/mol. The molecule has 1 aliphatic rings. The normalized spacial score (nSPS) is 13.7. The molecule has 2 nitrogen and oxygen atoms in total. The minimum atomic E-state index is -0.0773. The molecule has 9 aromatic rings. The molecule has 10 rings (SSSR count). The van der Waals surface area contributed by atoms with Gasteiger partial charge in [0.15, 0.2) is 0 Å². The summed E-state index contributed by atoms with van der Waals surface area (Å²) in [4.78, 5) is 0. The second-order valence-electron chi connectivity index (χ2n) is 12.9. The average Bonchev–Trinajstić information content (AvgIpc) is 3.69. The minimum Gasteiger partial charge on any atom is -0.309 e. The van der Waals surface area contributed by atoms with Crippen LogP contribution in [0, 0.1) is 0 Å². The number of aromatic nitrogens is 2. The van der Waals surface area contributed by atoms with Crippen LogP contribution in [0.4, 0.5) is 0 Å². The maximum absolute atomic E-state index is 2.54. The van der Waals surface area contributed by atoms with Crippen molar-refractivity contribution in [1.82, 2.24) is 9.13 Å². The Balaban J connectivity index is 1.44. The standard InChI is InChI=1S/C43H30N2/c1-43(2)35-21-11-8-16-29(35)30-25-24-28(26-36(30)43)45-37-22-12-9-19-33(37)39-31-17-6-7-18-32(31)41-40(42(39)45)34-20-10-13-23-38(34)44(41)27-14-4-3-5-15-27/h3-26H,1-2H3. The quantitative estimate of drug-likeness (QED) is 0.194. The van der Waals surface area contributed by atoms with Gasteiger partial charge in [-0.2, -0.15) is 0 Å². The zero-order valence-corrected chi connectivity index (χ0v) is 25.3. The lowest BCUT2D eigenvalue weighted by Crippen LogP contribution is -2.15. The zero-order valence-electron chi connectivity index (χ0n) is 25.3. The van der Waals surface area contributed by atoms with Gasteiger partial charge in [-0.05, 0) is 64.0 Å². The molecule has 0 aliphatic heterocycles. The summed E-state index contributed by atoms with van der Waals surface area (Å²) in [7, 11) is 0. The third-order valence-electron chi connectivity index (χ3n) is 10.3. The summed E-state index contributed by atoms with van der Waals surface area (Å²) in [5.74, 6) is 0. The molecule has 0 bridgehead atoms. The lowest BCUT2D eigenvalue weighted by Gasteiger charge is -2.22. The smallest absolute Gasteiger partial charge is 0.0647 e. The SMILES string of the molecule is CC1(C)c2ccccc2-c2ccc(-n3c4ccccc4c4c5ccccc5c5c(c6ccccc6n5-c5ccccc5)c43)cc21. The van der Waals surface area contributed by atoms with Crippen LogP contribution in [0.15, 0.2) is 146 Å². The second-order valence-corrected chi connectivity index (χ2v) is 12.9. The van der Waals surface area contributed by atoms with Crippen LogP contribution in [0.5, 0.6) is 0 Å². The maximum atomic E-state index is 2.54. The molecule has 0 atom stereocenters. The van der Waals surface area contributed by atoms with E-state index >= 15 is 0 Å². The van der Waals surface area contributed by atoms with Gasteiger partial charge in [-0.1, -0.05) is 123 Å². The molecule has 2 heterocycles. The maximum Gasteiger partial charge on any atom is 0.0647 e. The van der Waals surface area contributed by atoms with E-state index in [1.54, 1.807) is 0 Å². The highest BCUT2D eigenvalue weighted by molar-refractivity contribution is 6.36. The number of fused-ring (bicyclic) bond motifs is 13. The molecule has 0 amide bonds. The third kappa shape index (κ3) is 3.13. The van der Waals surface area contributed by atoms with E-state index in [0.717, 1.165) is 0 Å². The largest absolute Gasteiger partial charge is 0.309 e. The molecule has 0 radical (unpaired) electrons. The van der Waals surface area contributed by atoms with E-state index in [1.165, 1.54) is 88.0 Å². The predicted molar refractivity (Wildman–Crippen MR) is 190 cm³/mol. The van der Waals surface area contributed by atoms with Gasteiger partial charge in [0.25, 0.3) is 0 Å². The van der Waals surface area contributed by atoms with Crippen molar-refractivity contribution in [3.63, 3.8) is 0 Å². The molecule has 45 heavy (non-hydrogen) atoms. The van der Waals surface area contributed by atoms with Crippen LogP contribution in [0.3, 0.4) is 0 Å². The summed E-state index contributed by atoms with van der Waals surface area (Å²) in [6, 6.07) is 53.7. The zero-order chi connectivity index (χ0) is 29.9. The highest BCUT2D eigenvalue weighted by Crippen LogP contribution is 2.51. The Hall–Kier alpha value is -5.60. The highest BCUT2D eigenvalue weighted by Gasteiger charge is 2.35. The molecule has 0 fully saturated rings. The predicted octanol–water partition coefficient (Wildman–Crippen LogP) is 11.3. The lowest BCUT2D eigenvalue weighted by molar-refractivity contribution is 0.660. The third-order valence-corrected chi connectivity index (χ3v) is 10.3. The van der Waals surface area contributed by atoms with E-state index < -0.39 is 0 Å². The first-order valence-corrected chi connectivity index (χ1v) is 15.8. The van der Waals surface area contributed by atoms with Crippen LogP contribution < -0.4 is 0 Å². The van der Waals surface area contributed by atoms with E-state index in [-0.39, 0.29) is 5.41 Å². The van der Waals surface area contributed by atoms with Gasteiger partial charge in [0.05, 0.1) is 22.1 Å². The number of benzene rings is 7. The summed E-state index contributed by atoms with van der Waals surface area (Å²) in [6.45, 7) is 4.74. The molecule has 0 spiro atoms. The number of para-hydroxylation sites is 3. The first-order chi connectivity index (χ1) is 22.1. The topological polar surface area (TPSA) is 9.86 Å². The van der Waals surface area contributed by atoms with Crippen molar-refractivity contribution < 1.29 is 0 Å². The van der Waals surface area contributed by atoms with Gasteiger partial charge in [-0.15, -0.1) is 0 Å². The second kappa shape index (κ2) is 8.74. The van der Waals surface area contributed by atoms with Crippen molar-refractivity contribution in [1.29, 1.82) is 0 Å². The van der Waals surface area contributed by atoms with Crippen molar-refractivity contribution in [2.45, 2.75) is 19.3 Å². The van der Waals surface area contributed by atoms with E-state index in [1.807, 2.05) is 0 Å². The number of rotatable bonds is 2. The highest BCUT2D eigenvalue weighted by atomic mass is 15.0. The molecule has 212 valence electrons. The summed E-state index contributed by atoms with van der Waals surface area (Å²) in [6.07, 6.45) is 0. The molecular formula is C43H30N2. The van der Waals surface area contributed by atoms with Gasteiger partial charge in [-0.25, -0.2) is 0 Å². The van der Waals surface area contributed by atoms with E-state index in [4.69, 9.17) is 0 Å². The van der Waals surface area contributed by atoms with Crippen molar-refractivity contribution >= 4 is 54.4 Å². The van der Waals surface area contributed by atoms with E-state index in [0.29, 0.717) is 0 Å². The van der Waals surface area contributed by atoms with Crippen LogP contribution in [0.1, 0.15) is 25.0 Å².